The number of likely N-dealkylation sites (tertiary alicyclic amines) is 1. The Morgan fingerprint density at radius 2 is 2.20 bits per heavy atom. The molecule has 2 nitrogen and oxygen atoms in total. The van der Waals surface area contributed by atoms with Crippen LogP contribution in [0.15, 0.2) is 17.4 Å². The lowest BCUT2D eigenvalue weighted by Crippen LogP contribution is -2.32. The van der Waals surface area contributed by atoms with Gasteiger partial charge in [0.25, 0.3) is 0 Å². The van der Waals surface area contributed by atoms with Gasteiger partial charge in [0, 0.05) is 24.6 Å². The van der Waals surface area contributed by atoms with E-state index in [0.717, 1.165) is 36.6 Å². The first-order chi connectivity index (χ1) is 7.27. The highest BCUT2D eigenvalue weighted by Gasteiger charge is 2.17. The number of aliphatic imine (C=N–C) groups is 1. The molecule has 1 rings (SSSR count). The largest absolute Gasteiger partial charge is 0.357 e. The predicted octanol–water partition coefficient (Wildman–Crippen LogP) is 3.44. The van der Waals surface area contributed by atoms with Gasteiger partial charge in [0.15, 0.2) is 0 Å². The molecule has 0 amide bonds. The second-order valence-electron chi connectivity index (χ2n) is 4.04. The van der Waals surface area contributed by atoms with Crippen LogP contribution in [0.25, 0.3) is 0 Å². The Morgan fingerprint density at radius 3 is 2.73 bits per heavy atom. The maximum absolute atomic E-state index is 4.36. The highest BCUT2D eigenvalue weighted by Crippen LogP contribution is 2.22. The summed E-state index contributed by atoms with van der Waals surface area (Å²) in [5, 5.41) is 0.974. The fourth-order valence-corrected chi connectivity index (χ4v) is 2.10. The normalized spacial score (nSPS) is 18.7. The van der Waals surface area contributed by atoms with Crippen molar-refractivity contribution in [3.8, 4) is 0 Å². The average molecular weight is 273 g/mol. The molecule has 15 heavy (non-hydrogen) atoms. The zero-order valence-corrected chi connectivity index (χ0v) is 11.2. The number of nitrogens with zero attached hydrogens (tertiary/aromatic N) is 2. The van der Waals surface area contributed by atoms with Crippen LogP contribution in [-0.4, -0.2) is 29.5 Å². The van der Waals surface area contributed by atoms with Gasteiger partial charge in [-0.05, 0) is 25.2 Å². The van der Waals surface area contributed by atoms with Gasteiger partial charge in [0.2, 0.25) is 0 Å². The predicted molar refractivity (Wildman–Crippen MR) is 70.6 cm³/mol. The third-order valence-electron chi connectivity index (χ3n) is 3.04. The number of hydrogen-bond donors (Lipinski definition) is 0. The lowest BCUT2D eigenvalue weighted by Gasteiger charge is -2.32. The lowest BCUT2D eigenvalue weighted by atomic mass is 9.94. The van der Waals surface area contributed by atoms with Crippen molar-refractivity contribution >= 4 is 22.1 Å². The molecule has 0 saturated carbocycles. The molecule has 0 radical (unpaired) electrons. The molecule has 0 atom stereocenters. The Kier molecular flexibility index (Phi) is 5.99. The van der Waals surface area contributed by atoms with Crippen LogP contribution in [0, 0.1) is 5.92 Å². The van der Waals surface area contributed by atoms with Crippen molar-refractivity contribution in [2.45, 2.75) is 32.6 Å². The van der Waals surface area contributed by atoms with Crippen LogP contribution in [-0.2, 0) is 0 Å². The molecule has 3 heteroatoms. The Hall–Kier alpha value is -0.310. The van der Waals surface area contributed by atoms with E-state index in [-0.39, 0.29) is 0 Å². The molecule has 1 saturated heterocycles. The number of rotatable bonds is 5. The zero-order chi connectivity index (χ0) is 11.1. The molecular weight excluding hydrogens is 252 g/mol. The SMILES string of the molecule is C=C(N=CCCBr)N1CCC(CC)CC1. The lowest BCUT2D eigenvalue weighted by molar-refractivity contribution is 0.222. The number of piperidine rings is 1. The summed E-state index contributed by atoms with van der Waals surface area (Å²) in [4.78, 5) is 6.67. The molecule has 1 aliphatic heterocycles. The molecule has 0 spiro atoms. The van der Waals surface area contributed by atoms with E-state index in [4.69, 9.17) is 0 Å². The van der Waals surface area contributed by atoms with Gasteiger partial charge in [0.05, 0.1) is 0 Å². The van der Waals surface area contributed by atoms with Crippen LogP contribution >= 0.6 is 15.9 Å². The van der Waals surface area contributed by atoms with Gasteiger partial charge >= 0.3 is 0 Å². The molecule has 0 aromatic rings. The van der Waals surface area contributed by atoms with Crippen LogP contribution < -0.4 is 0 Å². The van der Waals surface area contributed by atoms with Crippen molar-refractivity contribution in [3.63, 3.8) is 0 Å². The Bertz CT molecular complexity index is 218. The summed E-state index contributed by atoms with van der Waals surface area (Å²) < 4.78 is 0. The second kappa shape index (κ2) is 7.04. The van der Waals surface area contributed by atoms with E-state index in [0.29, 0.717) is 0 Å². The van der Waals surface area contributed by atoms with Crippen LogP contribution in [0.5, 0.6) is 0 Å². The van der Waals surface area contributed by atoms with Crippen LogP contribution in [0.4, 0.5) is 0 Å². The van der Waals surface area contributed by atoms with E-state index in [2.05, 4.69) is 39.3 Å². The molecule has 0 bridgehead atoms. The van der Waals surface area contributed by atoms with E-state index >= 15 is 0 Å². The third-order valence-corrected chi connectivity index (χ3v) is 3.49. The Balaban J connectivity index is 2.30. The molecule has 0 aromatic carbocycles. The molecule has 0 aromatic heterocycles. The van der Waals surface area contributed by atoms with Gasteiger partial charge in [-0.3, -0.25) is 0 Å². The van der Waals surface area contributed by atoms with Gasteiger partial charge in [-0.1, -0.05) is 35.9 Å². The smallest absolute Gasteiger partial charge is 0.120 e. The summed E-state index contributed by atoms with van der Waals surface area (Å²) in [6.07, 6.45) is 6.83. The van der Waals surface area contributed by atoms with Gasteiger partial charge in [0.1, 0.15) is 5.82 Å². The minimum absolute atomic E-state index is 0.917. The summed E-state index contributed by atoms with van der Waals surface area (Å²) in [6, 6.07) is 0. The Morgan fingerprint density at radius 1 is 1.53 bits per heavy atom. The minimum Gasteiger partial charge on any atom is -0.357 e. The molecule has 86 valence electrons. The molecule has 0 N–H and O–H groups in total. The third kappa shape index (κ3) is 4.37. The average Bonchev–Trinajstić information content (AvgIpc) is 2.29. The Labute approximate surface area is 102 Å². The van der Waals surface area contributed by atoms with E-state index in [1.54, 1.807) is 0 Å². The van der Waals surface area contributed by atoms with Crippen molar-refractivity contribution in [2.75, 3.05) is 18.4 Å². The van der Waals surface area contributed by atoms with Crippen LogP contribution in [0.1, 0.15) is 32.6 Å². The number of alkyl halides is 1. The fourth-order valence-electron chi connectivity index (χ4n) is 1.90. The monoisotopic (exact) mass is 272 g/mol. The summed E-state index contributed by atoms with van der Waals surface area (Å²) in [7, 11) is 0. The van der Waals surface area contributed by atoms with E-state index < -0.39 is 0 Å². The topological polar surface area (TPSA) is 15.6 Å². The first-order valence-corrected chi connectivity index (χ1v) is 6.92. The summed E-state index contributed by atoms with van der Waals surface area (Å²) >= 11 is 3.38. The number of hydrogen-bond acceptors (Lipinski definition) is 2. The zero-order valence-electron chi connectivity index (χ0n) is 9.58. The summed E-state index contributed by atoms with van der Waals surface area (Å²) in [5.41, 5.74) is 0. The van der Waals surface area contributed by atoms with Crippen molar-refractivity contribution in [2.24, 2.45) is 10.9 Å². The summed E-state index contributed by atoms with van der Waals surface area (Å²) in [6.45, 7) is 8.55. The van der Waals surface area contributed by atoms with Crippen LogP contribution in [0.2, 0.25) is 0 Å². The van der Waals surface area contributed by atoms with E-state index in [1.807, 2.05) is 6.21 Å². The molecule has 1 aliphatic rings. The highest BCUT2D eigenvalue weighted by atomic mass is 79.9. The first kappa shape index (κ1) is 12.8. The van der Waals surface area contributed by atoms with Gasteiger partial charge in [-0.2, -0.15) is 0 Å². The number of halogens is 1. The van der Waals surface area contributed by atoms with E-state index in [9.17, 15) is 0 Å². The van der Waals surface area contributed by atoms with Gasteiger partial charge < -0.3 is 4.90 Å². The molecule has 1 fully saturated rings. The van der Waals surface area contributed by atoms with Crippen molar-refractivity contribution in [1.82, 2.24) is 4.90 Å². The fraction of sp³-hybridized carbons (Fsp3) is 0.750. The highest BCUT2D eigenvalue weighted by molar-refractivity contribution is 9.09. The first-order valence-electron chi connectivity index (χ1n) is 5.80. The van der Waals surface area contributed by atoms with Crippen molar-refractivity contribution < 1.29 is 0 Å². The molecule has 1 heterocycles. The summed E-state index contributed by atoms with van der Waals surface area (Å²) in [5.74, 6) is 1.85. The van der Waals surface area contributed by atoms with E-state index in [1.165, 1.54) is 19.3 Å². The minimum atomic E-state index is 0.917. The van der Waals surface area contributed by atoms with Crippen molar-refractivity contribution in [3.05, 3.63) is 12.4 Å². The molecular formula is C12H21BrN2. The quantitative estimate of drug-likeness (QED) is 0.553. The van der Waals surface area contributed by atoms with Gasteiger partial charge in [-0.15, -0.1) is 0 Å². The maximum Gasteiger partial charge on any atom is 0.120 e. The second-order valence-corrected chi connectivity index (χ2v) is 4.84. The standard InChI is InChI=1S/C12H21BrN2/c1-3-12-5-9-15(10-6-12)11(2)14-8-4-7-13/h8,12H,2-7,9-10H2,1H3. The van der Waals surface area contributed by atoms with Crippen molar-refractivity contribution in [1.29, 1.82) is 0 Å². The molecule has 0 unspecified atom stereocenters. The van der Waals surface area contributed by atoms with Gasteiger partial charge in [-0.25, -0.2) is 4.99 Å². The van der Waals surface area contributed by atoms with Crippen LogP contribution in [0.3, 0.4) is 0 Å². The maximum atomic E-state index is 4.36. The molecule has 0 aliphatic carbocycles.